The largest absolute Gasteiger partial charge is 0.484 e. The minimum Gasteiger partial charge on any atom is -0.484 e. The van der Waals surface area contributed by atoms with Crippen LogP contribution >= 0.6 is 0 Å². The second-order valence-electron chi connectivity index (χ2n) is 7.26. The second-order valence-corrected chi connectivity index (χ2v) is 7.26. The van der Waals surface area contributed by atoms with Gasteiger partial charge in [0.2, 0.25) is 0 Å². The summed E-state index contributed by atoms with van der Waals surface area (Å²) in [6.07, 6.45) is 2.13. The Morgan fingerprint density at radius 2 is 1.68 bits per heavy atom. The lowest BCUT2D eigenvalue weighted by atomic mass is 10.1. The fourth-order valence-corrected chi connectivity index (χ4v) is 2.65. The van der Waals surface area contributed by atoms with E-state index in [-0.39, 0.29) is 18.6 Å². The van der Waals surface area contributed by atoms with E-state index in [2.05, 4.69) is 21.2 Å². The van der Waals surface area contributed by atoms with Crippen molar-refractivity contribution in [3.05, 3.63) is 59.2 Å². The van der Waals surface area contributed by atoms with Crippen LogP contribution in [-0.4, -0.2) is 36.6 Å². The van der Waals surface area contributed by atoms with Gasteiger partial charge in [0.1, 0.15) is 5.75 Å². The molecule has 0 bridgehead atoms. The van der Waals surface area contributed by atoms with E-state index in [1.54, 1.807) is 24.3 Å². The Hall–Kier alpha value is -3.68. The highest BCUT2D eigenvalue weighted by molar-refractivity contribution is 6.35. The van der Waals surface area contributed by atoms with Gasteiger partial charge in [-0.25, -0.2) is 5.43 Å². The number of benzene rings is 2. The highest BCUT2D eigenvalue weighted by Crippen LogP contribution is 2.14. The van der Waals surface area contributed by atoms with E-state index >= 15 is 0 Å². The molecule has 8 nitrogen and oxygen atoms in total. The first kappa shape index (κ1) is 23.6. The number of carbonyl (C=O) groups excluding carboxylic acids is 3. The van der Waals surface area contributed by atoms with E-state index in [4.69, 9.17) is 4.74 Å². The van der Waals surface area contributed by atoms with Crippen LogP contribution in [0, 0.1) is 13.8 Å². The molecule has 3 amide bonds. The van der Waals surface area contributed by atoms with Gasteiger partial charge in [-0.3, -0.25) is 14.4 Å². The van der Waals surface area contributed by atoms with Crippen molar-refractivity contribution in [1.82, 2.24) is 10.7 Å². The van der Waals surface area contributed by atoms with Gasteiger partial charge >= 0.3 is 11.8 Å². The van der Waals surface area contributed by atoms with Gasteiger partial charge in [0.05, 0.1) is 6.21 Å². The molecular weight excluding hydrogens is 396 g/mol. The molecule has 0 aliphatic rings. The molecule has 0 aliphatic heterocycles. The lowest BCUT2D eigenvalue weighted by Gasteiger charge is -2.09. The van der Waals surface area contributed by atoms with E-state index in [1.807, 2.05) is 45.9 Å². The molecule has 1 atom stereocenters. The molecule has 0 fully saturated rings. The summed E-state index contributed by atoms with van der Waals surface area (Å²) < 4.78 is 5.50. The number of hydrogen-bond acceptors (Lipinski definition) is 5. The molecule has 164 valence electrons. The summed E-state index contributed by atoms with van der Waals surface area (Å²) in [7, 11) is 0. The van der Waals surface area contributed by atoms with Gasteiger partial charge in [-0.1, -0.05) is 13.0 Å². The summed E-state index contributed by atoms with van der Waals surface area (Å²) in [6, 6.07) is 12.5. The summed E-state index contributed by atoms with van der Waals surface area (Å²) in [5.74, 6) is -1.29. The van der Waals surface area contributed by atoms with Crippen LogP contribution in [-0.2, 0) is 14.4 Å². The van der Waals surface area contributed by atoms with E-state index in [0.717, 1.165) is 23.2 Å². The highest BCUT2D eigenvalue weighted by Gasteiger charge is 2.14. The van der Waals surface area contributed by atoms with E-state index < -0.39 is 11.8 Å². The zero-order chi connectivity index (χ0) is 22.8. The number of hydrogen-bond donors (Lipinski definition) is 3. The van der Waals surface area contributed by atoms with Gasteiger partial charge in [0, 0.05) is 11.7 Å². The van der Waals surface area contributed by atoms with Gasteiger partial charge in [0.25, 0.3) is 5.91 Å². The number of amides is 3. The summed E-state index contributed by atoms with van der Waals surface area (Å²) in [5, 5.41) is 9.14. The summed E-state index contributed by atoms with van der Waals surface area (Å²) >= 11 is 0. The van der Waals surface area contributed by atoms with Crippen molar-refractivity contribution in [2.75, 3.05) is 11.9 Å². The molecule has 0 saturated carbocycles. The first-order valence-electron chi connectivity index (χ1n) is 10.0. The molecule has 0 aliphatic carbocycles. The summed E-state index contributed by atoms with van der Waals surface area (Å²) in [4.78, 5) is 35.4. The van der Waals surface area contributed by atoms with Crippen molar-refractivity contribution in [2.45, 2.75) is 40.2 Å². The van der Waals surface area contributed by atoms with Gasteiger partial charge in [-0.2, -0.15) is 5.10 Å². The van der Waals surface area contributed by atoms with E-state index in [0.29, 0.717) is 11.3 Å². The lowest BCUT2D eigenvalue weighted by molar-refractivity contribution is -0.139. The molecule has 0 spiro atoms. The summed E-state index contributed by atoms with van der Waals surface area (Å²) in [5.41, 5.74) is 5.74. The average Bonchev–Trinajstić information content (AvgIpc) is 2.72. The lowest BCUT2D eigenvalue weighted by Crippen LogP contribution is -2.41. The van der Waals surface area contributed by atoms with Crippen LogP contribution in [0.15, 0.2) is 47.6 Å². The molecule has 8 heteroatoms. The van der Waals surface area contributed by atoms with Gasteiger partial charge in [0.15, 0.2) is 6.61 Å². The van der Waals surface area contributed by atoms with Crippen molar-refractivity contribution in [3.8, 4) is 5.75 Å². The van der Waals surface area contributed by atoms with Crippen LogP contribution in [0.4, 0.5) is 5.69 Å². The Kier molecular flexibility index (Phi) is 8.75. The molecule has 2 rings (SSSR count). The Labute approximate surface area is 182 Å². The maximum absolute atomic E-state index is 12.1. The Balaban J connectivity index is 1.79. The third kappa shape index (κ3) is 8.30. The topological polar surface area (TPSA) is 109 Å². The van der Waals surface area contributed by atoms with Crippen molar-refractivity contribution in [2.24, 2.45) is 5.10 Å². The predicted octanol–water partition coefficient (Wildman–Crippen LogP) is 2.69. The molecule has 2 aromatic rings. The first-order chi connectivity index (χ1) is 14.8. The SMILES string of the molecule is CC[C@@H](C)NC(=O)C(=O)N/N=C\c1ccc(OCC(=O)Nc2cc(C)cc(C)c2)cc1. The van der Waals surface area contributed by atoms with Crippen molar-refractivity contribution >= 4 is 29.6 Å². The van der Waals surface area contributed by atoms with Crippen LogP contribution in [0.1, 0.15) is 37.0 Å². The number of hydrazone groups is 1. The predicted molar refractivity (Wildman–Crippen MR) is 120 cm³/mol. The minimum absolute atomic E-state index is 0.0854. The van der Waals surface area contributed by atoms with Crippen molar-refractivity contribution in [3.63, 3.8) is 0 Å². The number of anilines is 1. The Morgan fingerprint density at radius 3 is 2.29 bits per heavy atom. The van der Waals surface area contributed by atoms with E-state index in [1.165, 1.54) is 6.21 Å². The van der Waals surface area contributed by atoms with Crippen molar-refractivity contribution in [1.29, 1.82) is 0 Å². The number of ether oxygens (including phenoxy) is 1. The molecule has 0 aromatic heterocycles. The molecule has 2 aromatic carbocycles. The zero-order valence-electron chi connectivity index (χ0n) is 18.2. The molecule has 3 N–H and O–H groups in total. The van der Waals surface area contributed by atoms with Gasteiger partial charge < -0.3 is 15.4 Å². The molecule has 0 radical (unpaired) electrons. The third-order valence-electron chi connectivity index (χ3n) is 4.33. The maximum Gasteiger partial charge on any atom is 0.329 e. The van der Waals surface area contributed by atoms with Crippen LogP contribution in [0.5, 0.6) is 5.75 Å². The van der Waals surface area contributed by atoms with Crippen LogP contribution < -0.4 is 20.8 Å². The number of nitrogens with zero attached hydrogens (tertiary/aromatic N) is 1. The highest BCUT2D eigenvalue weighted by atomic mass is 16.5. The average molecular weight is 425 g/mol. The molecule has 0 heterocycles. The van der Waals surface area contributed by atoms with Crippen molar-refractivity contribution < 1.29 is 19.1 Å². The third-order valence-corrected chi connectivity index (χ3v) is 4.33. The fraction of sp³-hybridized carbons (Fsp3) is 0.304. The maximum atomic E-state index is 12.1. The number of aryl methyl sites for hydroxylation is 2. The quantitative estimate of drug-likeness (QED) is 0.344. The van der Waals surface area contributed by atoms with E-state index in [9.17, 15) is 14.4 Å². The molecular formula is C23H28N4O4. The Bertz CT molecular complexity index is 934. The normalized spacial score (nSPS) is 11.6. The summed E-state index contributed by atoms with van der Waals surface area (Å²) in [6.45, 7) is 7.53. The van der Waals surface area contributed by atoms with Crippen LogP contribution in [0.2, 0.25) is 0 Å². The first-order valence-corrected chi connectivity index (χ1v) is 10.0. The zero-order valence-corrected chi connectivity index (χ0v) is 18.2. The molecule has 0 saturated heterocycles. The molecule has 0 unspecified atom stereocenters. The number of carbonyl (C=O) groups is 3. The standard InChI is InChI=1S/C23H28N4O4/c1-5-17(4)25-22(29)23(30)27-24-13-18-6-8-20(9-7-18)31-14-21(28)26-19-11-15(2)10-16(3)12-19/h6-13,17H,5,14H2,1-4H3,(H,25,29)(H,26,28)(H,27,30)/b24-13-/t17-/m1/s1. The fourth-order valence-electron chi connectivity index (χ4n) is 2.65. The van der Waals surface area contributed by atoms with Gasteiger partial charge in [-0.15, -0.1) is 0 Å². The number of rotatable bonds is 8. The number of nitrogens with one attached hydrogen (secondary N) is 3. The molecule has 31 heavy (non-hydrogen) atoms. The monoisotopic (exact) mass is 424 g/mol. The van der Waals surface area contributed by atoms with Crippen LogP contribution in [0.25, 0.3) is 0 Å². The Morgan fingerprint density at radius 1 is 1.03 bits per heavy atom. The van der Waals surface area contributed by atoms with Crippen LogP contribution in [0.3, 0.4) is 0 Å². The second kappa shape index (κ2) is 11.5. The smallest absolute Gasteiger partial charge is 0.329 e. The van der Waals surface area contributed by atoms with Gasteiger partial charge in [-0.05, 0) is 80.3 Å². The minimum atomic E-state index is -0.827.